The molecule has 0 bridgehead atoms. The molecule has 8 nitrogen and oxygen atoms in total. The van der Waals surface area contributed by atoms with Gasteiger partial charge >= 0.3 is 0 Å². The van der Waals surface area contributed by atoms with Crippen molar-refractivity contribution in [2.24, 2.45) is 0 Å². The van der Waals surface area contributed by atoms with Crippen molar-refractivity contribution in [3.8, 4) is 11.8 Å². The number of rotatable bonds is 5. The Morgan fingerprint density at radius 3 is 3.04 bits per heavy atom. The van der Waals surface area contributed by atoms with Gasteiger partial charge in [-0.2, -0.15) is 10.1 Å². The summed E-state index contributed by atoms with van der Waals surface area (Å²) in [7, 11) is 1.53. The number of carbonyl (C=O) groups excluding carboxylic acids is 1. The van der Waals surface area contributed by atoms with Crippen LogP contribution in [0, 0.1) is 0 Å². The van der Waals surface area contributed by atoms with Gasteiger partial charge in [0, 0.05) is 18.9 Å². The van der Waals surface area contributed by atoms with Crippen LogP contribution < -0.4 is 9.47 Å². The van der Waals surface area contributed by atoms with Crippen molar-refractivity contribution in [3.63, 3.8) is 0 Å². The normalized spacial score (nSPS) is 17.8. The standard InChI is InChI=1S/C15H19N5O3/c1-22-13-8-16-9-14(18-13)23-12-4-2-6-19(10-12)15(21)11-20-7-3-5-17-20/h3,5,7-9,12H,2,4,6,10-11H2,1H3. The summed E-state index contributed by atoms with van der Waals surface area (Å²) in [4.78, 5) is 22.3. The van der Waals surface area contributed by atoms with Crippen molar-refractivity contribution in [2.45, 2.75) is 25.5 Å². The van der Waals surface area contributed by atoms with Gasteiger partial charge in [-0.15, -0.1) is 0 Å². The van der Waals surface area contributed by atoms with Crippen molar-refractivity contribution in [2.75, 3.05) is 20.2 Å². The van der Waals surface area contributed by atoms with Crippen LogP contribution in [0.25, 0.3) is 0 Å². The summed E-state index contributed by atoms with van der Waals surface area (Å²) >= 11 is 0. The van der Waals surface area contributed by atoms with Crippen molar-refractivity contribution in [1.29, 1.82) is 0 Å². The summed E-state index contributed by atoms with van der Waals surface area (Å²) in [6.07, 6.45) is 8.20. The third-order valence-electron chi connectivity index (χ3n) is 3.67. The fourth-order valence-corrected chi connectivity index (χ4v) is 2.55. The first-order chi connectivity index (χ1) is 11.2. The van der Waals surface area contributed by atoms with Crippen LogP contribution >= 0.6 is 0 Å². The number of piperidine rings is 1. The summed E-state index contributed by atoms with van der Waals surface area (Å²) in [6, 6.07) is 1.80. The van der Waals surface area contributed by atoms with E-state index in [1.807, 2.05) is 4.90 Å². The maximum absolute atomic E-state index is 12.3. The predicted molar refractivity (Wildman–Crippen MR) is 81.0 cm³/mol. The molecule has 1 aliphatic rings. The smallest absolute Gasteiger partial charge is 0.244 e. The third kappa shape index (κ3) is 3.97. The first-order valence-electron chi connectivity index (χ1n) is 7.52. The minimum absolute atomic E-state index is 0.0405. The molecule has 0 aliphatic carbocycles. The largest absolute Gasteiger partial charge is 0.480 e. The molecular weight excluding hydrogens is 298 g/mol. The molecule has 8 heteroatoms. The maximum Gasteiger partial charge on any atom is 0.244 e. The summed E-state index contributed by atoms with van der Waals surface area (Å²) < 4.78 is 12.5. The van der Waals surface area contributed by atoms with Crippen LogP contribution in [0.2, 0.25) is 0 Å². The van der Waals surface area contributed by atoms with Gasteiger partial charge in [0.1, 0.15) is 12.6 Å². The van der Waals surface area contributed by atoms with E-state index in [0.29, 0.717) is 18.3 Å². The first kappa shape index (κ1) is 15.3. The lowest BCUT2D eigenvalue weighted by atomic mass is 10.1. The molecule has 0 aromatic carbocycles. The highest BCUT2D eigenvalue weighted by molar-refractivity contribution is 5.76. The molecule has 0 N–H and O–H groups in total. The Labute approximate surface area is 134 Å². The second-order valence-corrected chi connectivity index (χ2v) is 5.33. The minimum atomic E-state index is -0.0910. The molecule has 122 valence electrons. The van der Waals surface area contributed by atoms with E-state index in [-0.39, 0.29) is 18.6 Å². The number of nitrogens with zero attached hydrogens (tertiary/aromatic N) is 5. The third-order valence-corrected chi connectivity index (χ3v) is 3.67. The van der Waals surface area contributed by atoms with E-state index in [4.69, 9.17) is 9.47 Å². The topological polar surface area (TPSA) is 82.4 Å². The minimum Gasteiger partial charge on any atom is -0.480 e. The zero-order chi connectivity index (χ0) is 16.1. The van der Waals surface area contributed by atoms with Gasteiger partial charge in [-0.1, -0.05) is 0 Å². The van der Waals surface area contributed by atoms with E-state index >= 15 is 0 Å². The Balaban J connectivity index is 1.58. The first-order valence-corrected chi connectivity index (χ1v) is 7.52. The van der Waals surface area contributed by atoms with Crippen molar-refractivity contribution in [3.05, 3.63) is 30.9 Å². The van der Waals surface area contributed by atoms with Gasteiger partial charge in [0.15, 0.2) is 0 Å². The monoisotopic (exact) mass is 317 g/mol. The van der Waals surface area contributed by atoms with Crippen LogP contribution in [-0.2, 0) is 11.3 Å². The van der Waals surface area contributed by atoms with Gasteiger partial charge in [0.2, 0.25) is 17.7 Å². The number of carbonyl (C=O) groups is 1. The van der Waals surface area contributed by atoms with Crippen LogP contribution in [0.3, 0.4) is 0 Å². The van der Waals surface area contributed by atoms with Crippen molar-refractivity contribution >= 4 is 5.91 Å². The zero-order valence-electron chi connectivity index (χ0n) is 13.0. The Bertz CT molecular complexity index is 646. The second-order valence-electron chi connectivity index (χ2n) is 5.33. The summed E-state index contributed by atoms with van der Waals surface area (Å²) in [5, 5.41) is 4.06. The van der Waals surface area contributed by atoms with Crippen LogP contribution in [0.4, 0.5) is 0 Å². The molecule has 23 heavy (non-hydrogen) atoms. The Kier molecular flexibility index (Phi) is 4.70. The molecule has 2 aromatic heterocycles. The molecule has 0 saturated carbocycles. The highest BCUT2D eigenvalue weighted by Gasteiger charge is 2.25. The summed E-state index contributed by atoms with van der Waals surface area (Å²) in [5.41, 5.74) is 0. The average molecular weight is 317 g/mol. The number of ether oxygens (including phenoxy) is 2. The van der Waals surface area contributed by atoms with Crippen molar-refractivity contribution < 1.29 is 14.3 Å². The van der Waals surface area contributed by atoms with E-state index in [9.17, 15) is 4.79 Å². The predicted octanol–water partition coefficient (Wildman–Crippen LogP) is 0.752. The highest BCUT2D eigenvalue weighted by atomic mass is 16.5. The van der Waals surface area contributed by atoms with Gasteiger partial charge in [-0.3, -0.25) is 14.5 Å². The fourth-order valence-electron chi connectivity index (χ4n) is 2.55. The van der Waals surface area contributed by atoms with E-state index < -0.39 is 0 Å². The molecule has 1 unspecified atom stereocenters. The van der Waals surface area contributed by atoms with Gasteiger partial charge < -0.3 is 14.4 Å². The van der Waals surface area contributed by atoms with E-state index in [2.05, 4.69) is 15.1 Å². The summed E-state index contributed by atoms with van der Waals surface area (Å²) in [5.74, 6) is 0.861. The molecule has 1 aliphatic heterocycles. The Morgan fingerprint density at radius 2 is 2.26 bits per heavy atom. The van der Waals surface area contributed by atoms with Gasteiger partial charge in [0.25, 0.3) is 0 Å². The quantitative estimate of drug-likeness (QED) is 0.809. The number of aromatic nitrogens is 4. The number of methoxy groups -OCH3 is 1. The van der Waals surface area contributed by atoms with E-state index in [0.717, 1.165) is 19.4 Å². The highest BCUT2D eigenvalue weighted by Crippen LogP contribution is 2.18. The molecule has 0 spiro atoms. The van der Waals surface area contributed by atoms with E-state index in [1.165, 1.54) is 13.3 Å². The number of hydrogen-bond donors (Lipinski definition) is 0. The molecule has 1 fully saturated rings. The summed E-state index contributed by atoms with van der Waals surface area (Å²) in [6.45, 7) is 1.53. The molecule has 1 atom stereocenters. The van der Waals surface area contributed by atoms with Gasteiger partial charge in [-0.25, -0.2) is 0 Å². The van der Waals surface area contributed by atoms with Crippen molar-refractivity contribution in [1.82, 2.24) is 24.6 Å². The van der Waals surface area contributed by atoms with Gasteiger partial charge in [0.05, 0.1) is 26.0 Å². The fraction of sp³-hybridized carbons (Fsp3) is 0.467. The molecular formula is C15H19N5O3. The van der Waals surface area contributed by atoms with Crippen LogP contribution in [-0.4, -0.2) is 56.9 Å². The molecule has 1 saturated heterocycles. The number of likely N-dealkylation sites (tertiary alicyclic amines) is 1. The second kappa shape index (κ2) is 7.08. The van der Waals surface area contributed by atoms with E-state index in [1.54, 1.807) is 29.3 Å². The molecule has 3 heterocycles. The molecule has 2 aromatic rings. The molecule has 0 radical (unpaired) electrons. The lowest BCUT2D eigenvalue weighted by Crippen LogP contribution is -2.45. The number of hydrogen-bond acceptors (Lipinski definition) is 6. The maximum atomic E-state index is 12.3. The molecule has 1 amide bonds. The SMILES string of the molecule is COc1cncc(OC2CCCN(C(=O)Cn3cccn3)C2)n1. The lowest BCUT2D eigenvalue weighted by molar-refractivity contribution is -0.134. The lowest BCUT2D eigenvalue weighted by Gasteiger charge is -2.32. The zero-order valence-corrected chi connectivity index (χ0v) is 13.0. The van der Waals surface area contributed by atoms with Gasteiger partial charge in [-0.05, 0) is 18.9 Å². The van der Waals surface area contributed by atoms with Crippen LogP contribution in [0.5, 0.6) is 11.8 Å². The average Bonchev–Trinajstić information content (AvgIpc) is 3.08. The number of amides is 1. The van der Waals surface area contributed by atoms with Crippen LogP contribution in [0.15, 0.2) is 30.9 Å². The Hall–Kier alpha value is -2.64. The van der Waals surface area contributed by atoms with Crippen LogP contribution in [0.1, 0.15) is 12.8 Å². The molecule has 3 rings (SSSR count). The Morgan fingerprint density at radius 1 is 1.39 bits per heavy atom.